The van der Waals surface area contributed by atoms with Crippen molar-refractivity contribution in [2.75, 3.05) is 25.0 Å². The molecule has 0 unspecified atom stereocenters. The van der Waals surface area contributed by atoms with Crippen LogP contribution >= 0.6 is 0 Å². The van der Waals surface area contributed by atoms with Gasteiger partial charge in [-0.15, -0.1) is 0 Å². The summed E-state index contributed by atoms with van der Waals surface area (Å²) in [4.78, 5) is 14.7. The van der Waals surface area contributed by atoms with Crippen LogP contribution in [-0.2, 0) is 11.2 Å². The number of nitrogens with one attached hydrogen (secondary N) is 1. The minimum Gasteiger partial charge on any atom is -0.325 e. The van der Waals surface area contributed by atoms with Crippen LogP contribution in [0.5, 0.6) is 0 Å². The first kappa shape index (κ1) is 18.4. The lowest BCUT2D eigenvalue weighted by molar-refractivity contribution is -0.117. The van der Waals surface area contributed by atoms with E-state index in [2.05, 4.69) is 45.6 Å². The molecule has 1 fully saturated rings. The first-order valence-electron chi connectivity index (χ1n) is 9.92. The van der Waals surface area contributed by atoms with Crippen molar-refractivity contribution in [1.29, 1.82) is 0 Å². The molecular formula is C23H26N4O. The highest BCUT2D eigenvalue weighted by molar-refractivity contribution is 5.92. The molecule has 0 spiro atoms. The molecule has 1 saturated heterocycles. The summed E-state index contributed by atoms with van der Waals surface area (Å²) >= 11 is 0. The fourth-order valence-electron chi connectivity index (χ4n) is 3.85. The number of anilines is 1. The number of carbonyl (C=O) groups excluding carboxylic acids is 1. The summed E-state index contributed by atoms with van der Waals surface area (Å²) in [7, 11) is 0. The molecule has 1 aliphatic rings. The Morgan fingerprint density at radius 2 is 1.86 bits per heavy atom. The Bertz CT molecular complexity index is 884. The van der Waals surface area contributed by atoms with Gasteiger partial charge in [-0.3, -0.25) is 9.69 Å². The van der Waals surface area contributed by atoms with Crippen LogP contribution in [0, 0.1) is 5.92 Å². The van der Waals surface area contributed by atoms with E-state index in [1.54, 1.807) is 10.9 Å². The van der Waals surface area contributed by atoms with E-state index in [0.717, 1.165) is 43.7 Å². The second kappa shape index (κ2) is 8.85. The van der Waals surface area contributed by atoms with Gasteiger partial charge in [0.15, 0.2) is 0 Å². The molecule has 0 bridgehead atoms. The number of likely N-dealkylation sites (tertiary alicyclic amines) is 1. The smallest absolute Gasteiger partial charge is 0.238 e. The number of piperidine rings is 1. The van der Waals surface area contributed by atoms with Crippen molar-refractivity contribution in [3.8, 4) is 5.69 Å². The largest absolute Gasteiger partial charge is 0.325 e. The van der Waals surface area contributed by atoms with Crippen LogP contribution in [-0.4, -0.2) is 40.2 Å². The fraction of sp³-hybridized carbons (Fsp3) is 0.304. The van der Waals surface area contributed by atoms with E-state index in [4.69, 9.17) is 0 Å². The van der Waals surface area contributed by atoms with Gasteiger partial charge in [0.2, 0.25) is 5.91 Å². The molecule has 1 amide bonds. The lowest BCUT2D eigenvalue weighted by Gasteiger charge is -2.31. The van der Waals surface area contributed by atoms with Crippen LogP contribution in [0.25, 0.3) is 5.69 Å². The molecule has 2 aromatic carbocycles. The van der Waals surface area contributed by atoms with Crippen LogP contribution < -0.4 is 5.32 Å². The summed E-state index contributed by atoms with van der Waals surface area (Å²) in [5.41, 5.74) is 3.15. The summed E-state index contributed by atoms with van der Waals surface area (Å²) < 4.78 is 1.78. The average Bonchev–Trinajstić information content (AvgIpc) is 3.25. The Hall–Kier alpha value is -2.92. The van der Waals surface area contributed by atoms with Gasteiger partial charge < -0.3 is 5.32 Å². The maximum atomic E-state index is 12.5. The molecule has 1 aromatic heterocycles. The molecule has 2 heterocycles. The molecule has 28 heavy (non-hydrogen) atoms. The molecule has 3 aromatic rings. The second-order valence-corrected chi connectivity index (χ2v) is 7.46. The second-order valence-electron chi connectivity index (χ2n) is 7.46. The van der Waals surface area contributed by atoms with Crippen molar-refractivity contribution in [3.05, 3.63) is 78.6 Å². The van der Waals surface area contributed by atoms with Crippen molar-refractivity contribution in [3.63, 3.8) is 0 Å². The van der Waals surface area contributed by atoms with Crippen molar-refractivity contribution < 1.29 is 4.79 Å². The molecular weight excluding hydrogens is 348 g/mol. The number of hydrogen-bond donors (Lipinski definition) is 1. The van der Waals surface area contributed by atoms with Gasteiger partial charge in [-0.1, -0.05) is 36.4 Å². The molecule has 5 nitrogen and oxygen atoms in total. The fourth-order valence-corrected chi connectivity index (χ4v) is 3.85. The molecule has 144 valence electrons. The summed E-state index contributed by atoms with van der Waals surface area (Å²) in [6.45, 7) is 2.42. The molecule has 0 atom stereocenters. The topological polar surface area (TPSA) is 50.2 Å². The SMILES string of the molecule is O=C(CN1CCC(Cc2ccccc2)CC1)Nc1cccc(-n2cccn2)c1. The van der Waals surface area contributed by atoms with Gasteiger partial charge in [0.1, 0.15) is 0 Å². The summed E-state index contributed by atoms with van der Waals surface area (Å²) in [5, 5.41) is 7.25. The zero-order valence-corrected chi connectivity index (χ0v) is 16.0. The highest BCUT2D eigenvalue weighted by atomic mass is 16.2. The highest BCUT2D eigenvalue weighted by Crippen LogP contribution is 2.21. The maximum Gasteiger partial charge on any atom is 0.238 e. The molecule has 1 N–H and O–H groups in total. The van der Waals surface area contributed by atoms with Crippen molar-refractivity contribution in [2.45, 2.75) is 19.3 Å². The Labute approximate surface area is 166 Å². The Morgan fingerprint density at radius 3 is 2.61 bits per heavy atom. The Morgan fingerprint density at radius 1 is 1.04 bits per heavy atom. The molecule has 0 saturated carbocycles. The van der Waals surface area contributed by atoms with E-state index in [9.17, 15) is 4.79 Å². The Balaban J connectivity index is 1.25. The van der Waals surface area contributed by atoms with E-state index in [-0.39, 0.29) is 5.91 Å². The predicted octanol–water partition coefficient (Wildman–Crippen LogP) is 3.77. The van der Waals surface area contributed by atoms with Gasteiger partial charge in [-0.2, -0.15) is 5.10 Å². The summed E-state index contributed by atoms with van der Waals surface area (Å²) in [6.07, 6.45) is 7.07. The third-order valence-corrected chi connectivity index (χ3v) is 5.34. The van der Waals surface area contributed by atoms with Crippen LogP contribution in [0.3, 0.4) is 0 Å². The van der Waals surface area contributed by atoms with E-state index in [1.807, 2.05) is 36.5 Å². The molecule has 4 rings (SSSR count). The van der Waals surface area contributed by atoms with Gasteiger partial charge in [-0.05, 0) is 68.1 Å². The molecule has 5 heteroatoms. The van der Waals surface area contributed by atoms with Crippen molar-refractivity contribution in [1.82, 2.24) is 14.7 Å². The van der Waals surface area contributed by atoms with Crippen LogP contribution in [0.4, 0.5) is 5.69 Å². The van der Waals surface area contributed by atoms with Crippen LogP contribution in [0.2, 0.25) is 0 Å². The minimum absolute atomic E-state index is 0.0409. The maximum absolute atomic E-state index is 12.5. The summed E-state index contributed by atoms with van der Waals surface area (Å²) in [6, 6.07) is 20.3. The third kappa shape index (κ3) is 4.87. The number of aromatic nitrogens is 2. The van der Waals surface area contributed by atoms with Gasteiger partial charge in [0.25, 0.3) is 0 Å². The first-order chi connectivity index (χ1) is 13.8. The van der Waals surface area contributed by atoms with Crippen LogP contribution in [0.15, 0.2) is 73.1 Å². The quantitative estimate of drug-likeness (QED) is 0.715. The lowest BCUT2D eigenvalue weighted by Crippen LogP contribution is -2.39. The number of benzene rings is 2. The number of carbonyl (C=O) groups is 1. The average molecular weight is 374 g/mol. The van der Waals surface area contributed by atoms with Gasteiger partial charge in [-0.25, -0.2) is 4.68 Å². The zero-order chi connectivity index (χ0) is 19.2. The number of nitrogens with zero attached hydrogens (tertiary/aromatic N) is 3. The normalized spacial score (nSPS) is 15.4. The zero-order valence-electron chi connectivity index (χ0n) is 16.0. The predicted molar refractivity (Wildman–Crippen MR) is 112 cm³/mol. The standard InChI is InChI=1S/C23H26N4O/c28-23(25-21-8-4-9-22(17-21)27-13-5-12-24-27)18-26-14-10-20(11-15-26)16-19-6-2-1-3-7-19/h1-9,12-13,17,20H,10-11,14-16,18H2,(H,25,28). The first-order valence-corrected chi connectivity index (χ1v) is 9.92. The van der Waals surface area contributed by atoms with Gasteiger partial charge in [0, 0.05) is 18.1 Å². The molecule has 0 aliphatic carbocycles. The highest BCUT2D eigenvalue weighted by Gasteiger charge is 2.21. The van der Waals surface area contributed by atoms with E-state index in [0.29, 0.717) is 12.5 Å². The third-order valence-electron chi connectivity index (χ3n) is 5.34. The number of amides is 1. The van der Waals surface area contributed by atoms with E-state index < -0.39 is 0 Å². The molecule has 1 aliphatic heterocycles. The minimum atomic E-state index is 0.0409. The van der Waals surface area contributed by atoms with Crippen molar-refractivity contribution in [2.24, 2.45) is 5.92 Å². The number of rotatable bonds is 6. The van der Waals surface area contributed by atoms with Gasteiger partial charge >= 0.3 is 0 Å². The summed E-state index contributed by atoms with van der Waals surface area (Å²) in [5.74, 6) is 0.756. The molecule has 0 radical (unpaired) electrons. The van der Waals surface area contributed by atoms with Crippen molar-refractivity contribution >= 4 is 11.6 Å². The van der Waals surface area contributed by atoms with E-state index in [1.165, 1.54) is 5.56 Å². The Kier molecular flexibility index (Phi) is 5.83. The lowest BCUT2D eigenvalue weighted by atomic mass is 9.90. The monoisotopic (exact) mass is 374 g/mol. The number of hydrogen-bond acceptors (Lipinski definition) is 3. The van der Waals surface area contributed by atoms with E-state index >= 15 is 0 Å². The van der Waals surface area contributed by atoms with Gasteiger partial charge in [0.05, 0.1) is 12.2 Å². The van der Waals surface area contributed by atoms with Crippen LogP contribution in [0.1, 0.15) is 18.4 Å².